The molecule has 1 heterocycles. The zero-order chi connectivity index (χ0) is 13.2. The van der Waals surface area contributed by atoms with Gasteiger partial charge in [0.25, 0.3) is 0 Å². The maximum atomic E-state index is 6.23. The third-order valence-corrected chi connectivity index (χ3v) is 5.55. The van der Waals surface area contributed by atoms with Gasteiger partial charge in [-0.3, -0.25) is 4.90 Å². The van der Waals surface area contributed by atoms with Crippen LogP contribution in [0.1, 0.15) is 46.5 Å². The van der Waals surface area contributed by atoms with Crippen LogP contribution in [-0.2, 0) is 4.74 Å². The standard InChI is InChI=1S/C15H30N2O/c1-4-14-10-17(8-9-18-14)15(11-16)7-5-6-12(2)13(15)3/h12-14H,4-11,16H2,1-3H3. The van der Waals surface area contributed by atoms with E-state index in [0.717, 1.165) is 38.6 Å². The average molecular weight is 254 g/mol. The summed E-state index contributed by atoms with van der Waals surface area (Å²) in [6.07, 6.45) is 5.49. The lowest BCUT2D eigenvalue weighted by Crippen LogP contribution is -2.64. The molecule has 2 fully saturated rings. The van der Waals surface area contributed by atoms with E-state index in [-0.39, 0.29) is 5.54 Å². The lowest BCUT2D eigenvalue weighted by molar-refractivity contribution is -0.100. The number of nitrogens with zero attached hydrogens (tertiary/aromatic N) is 1. The molecule has 0 bridgehead atoms. The highest BCUT2D eigenvalue weighted by atomic mass is 16.5. The Balaban J connectivity index is 2.15. The molecule has 2 N–H and O–H groups in total. The van der Waals surface area contributed by atoms with Gasteiger partial charge in [-0.05, 0) is 24.7 Å². The first-order chi connectivity index (χ1) is 8.64. The second kappa shape index (κ2) is 5.89. The van der Waals surface area contributed by atoms with E-state index in [1.165, 1.54) is 19.3 Å². The number of rotatable bonds is 3. The molecule has 0 radical (unpaired) electrons. The molecular weight excluding hydrogens is 224 g/mol. The van der Waals surface area contributed by atoms with Crippen molar-refractivity contribution in [1.82, 2.24) is 4.90 Å². The van der Waals surface area contributed by atoms with E-state index < -0.39 is 0 Å². The molecule has 0 aromatic heterocycles. The molecule has 3 nitrogen and oxygen atoms in total. The van der Waals surface area contributed by atoms with Gasteiger partial charge < -0.3 is 10.5 Å². The summed E-state index contributed by atoms with van der Waals surface area (Å²) in [5.74, 6) is 1.50. The van der Waals surface area contributed by atoms with E-state index in [1.807, 2.05) is 0 Å². The molecule has 4 unspecified atom stereocenters. The van der Waals surface area contributed by atoms with Gasteiger partial charge in [0.15, 0.2) is 0 Å². The molecule has 1 saturated carbocycles. The van der Waals surface area contributed by atoms with Gasteiger partial charge in [-0.15, -0.1) is 0 Å². The molecule has 0 aromatic rings. The SMILES string of the molecule is CCC1CN(C2(CN)CCCC(C)C2C)CCO1. The van der Waals surface area contributed by atoms with Gasteiger partial charge >= 0.3 is 0 Å². The largest absolute Gasteiger partial charge is 0.376 e. The highest BCUT2D eigenvalue weighted by molar-refractivity contribution is 5.01. The monoisotopic (exact) mass is 254 g/mol. The minimum atomic E-state index is 0.231. The molecule has 1 saturated heterocycles. The second-order valence-electron chi connectivity index (χ2n) is 6.31. The fraction of sp³-hybridized carbons (Fsp3) is 1.00. The fourth-order valence-corrected chi connectivity index (χ4v) is 3.97. The maximum absolute atomic E-state index is 6.23. The number of hydrogen-bond donors (Lipinski definition) is 1. The van der Waals surface area contributed by atoms with E-state index in [9.17, 15) is 0 Å². The van der Waals surface area contributed by atoms with Crippen LogP contribution >= 0.6 is 0 Å². The van der Waals surface area contributed by atoms with E-state index in [2.05, 4.69) is 25.7 Å². The van der Waals surface area contributed by atoms with Crippen molar-refractivity contribution in [2.75, 3.05) is 26.2 Å². The molecule has 3 heteroatoms. The van der Waals surface area contributed by atoms with Crippen molar-refractivity contribution < 1.29 is 4.74 Å². The van der Waals surface area contributed by atoms with Gasteiger partial charge in [0.05, 0.1) is 12.7 Å². The van der Waals surface area contributed by atoms with Crippen LogP contribution in [0.4, 0.5) is 0 Å². The van der Waals surface area contributed by atoms with E-state index >= 15 is 0 Å². The topological polar surface area (TPSA) is 38.5 Å². The van der Waals surface area contributed by atoms with E-state index in [1.54, 1.807) is 0 Å². The average Bonchev–Trinajstić information content (AvgIpc) is 2.42. The Labute approximate surface area is 112 Å². The van der Waals surface area contributed by atoms with Gasteiger partial charge in [0.2, 0.25) is 0 Å². The number of hydrogen-bond acceptors (Lipinski definition) is 3. The highest BCUT2D eigenvalue weighted by Gasteiger charge is 2.45. The Morgan fingerprint density at radius 1 is 1.39 bits per heavy atom. The third-order valence-electron chi connectivity index (χ3n) is 5.55. The van der Waals surface area contributed by atoms with E-state index in [0.29, 0.717) is 12.0 Å². The summed E-state index contributed by atoms with van der Waals surface area (Å²) in [7, 11) is 0. The van der Waals surface area contributed by atoms with Crippen molar-refractivity contribution in [3.63, 3.8) is 0 Å². The maximum Gasteiger partial charge on any atom is 0.0700 e. The van der Waals surface area contributed by atoms with Crippen molar-refractivity contribution >= 4 is 0 Å². The summed E-state index contributed by atoms with van der Waals surface area (Å²) in [6.45, 7) is 10.8. The summed E-state index contributed by atoms with van der Waals surface area (Å²) in [4.78, 5) is 2.66. The number of nitrogens with two attached hydrogens (primary N) is 1. The van der Waals surface area contributed by atoms with Crippen LogP contribution in [0, 0.1) is 11.8 Å². The molecule has 18 heavy (non-hydrogen) atoms. The summed E-state index contributed by atoms with van der Waals surface area (Å²) in [6, 6.07) is 0. The number of ether oxygens (including phenoxy) is 1. The predicted octanol–water partition coefficient (Wildman–Crippen LogP) is 2.25. The van der Waals surface area contributed by atoms with Crippen LogP contribution in [0.15, 0.2) is 0 Å². The Morgan fingerprint density at radius 2 is 2.17 bits per heavy atom. The molecular formula is C15H30N2O. The van der Waals surface area contributed by atoms with E-state index in [4.69, 9.17) is 10.5 Å². The van der Waals surface area contributed by atoms with Crippen molar-refractivity contribution in [3.8, 4) is 0 Å². The van der Waals surface area contributed by atoms with Crippen molar-refractivity contribution in [1.29, 1.82) is 0 Å². The van der Waals surface area contributed by atoms with Gasteiger partial charge in [0.1, 0.15) is 0 Å². The zero-order valence-electron chi connectivity index (χ0n) is 12.3. The van der Waals surface area contributed by atoms with Crippen molar-refractivity contribution in [2.24, 2.45) is 17.6 Å². The van der Waals surface area contributed by atoms with Crippen LogP contribution in [0.25, 0.3) is 0 Å². The van der Waals surface area contributed by atoms with Crippen molar-refractivity contribution in [2.45, 2.75) is 58.1 Å². The summed E-state index contributed by atoms with van der Waals surface area (Å²) >= 11 is 0. The quantitative estimate of drug-likeness (QED) is 0.839. The fourth-order valence-electron chi connectivity index (χ4n) is 3.97. The predicted molar refractivity (Wildman–Crippen MR) is 75.6 cm³/mol. The summed E-state index contributed by atoms with van der Waals surface area (Å²) in [5, 5.41) is 0. The van der Waals surface area contributed by atoms with Gasteiger partial charge in [-0.2, -0.15) is 0 Å². The first-order valence-corrected chi connectivity index (χ1v) is 7.70. The Kier molecular flexibility index (Phi) is 4.68. The molecule has 1 aliphatic heterocycles. The lowest BCUT2D eigenvalue weighted by Gasteiger charge is -2.54. The minimum Gasteiger partial charge on any atom is -0.376 e. The van der Waals surface area contributed by atoms with Crippen LogP contribution in [-0.4, -0.2) is 42.8 Å². The summed E-state index contributed by atoms with van der Waals surface area (Å²) in [5.41, 5.74) is 6.46. The third kappa shape index (κ3) is 2.45. The van der Waals surface area contributed by atoms with Crippen LogP contribution in [0.2, 0.25) is 0 Å². The lowest BCUT2D eigenvalue weighted by atomic mass is 9.67. The molecule has 1 aliphatic carbocycles. The Morgan fingerprint density at radius 3 is 2.83 bits per heavy atom. The summed E-state index contributed by atoms with van der Waals surface area (Å²) < 4.78 is 5.82. The first-order valence-electron chi connectivity index (χ1n) is 7.70. The van der Waals surface area contributed by atoms with Gasteiger partial charge in [0, 0.05) is 25.2 Å². The van der Waals surface area contributed by atoms with Gasteiger partial charge in [-0.1, -0.05) is 33.6 Å². The molecule has 106 valence electrons. The first kappa shape index (κ1) is 14.3. The highest BCUT2D eigenvalue weighted by Crippen LogP contribution is 2.41. The normalized spacial score (nSPS) is 43.0. The van der Waals surface area contributed by atoms with Crippen LogP contribution in [0.3, 0.4) is 0 Å². The second-order valence-corrected chi connectivity index (χ2v) is 6.31. The zero-order valence-corrected chi connectivity index (χ0v) is 12.3. The Hall–Kier alpha value is -0.120. The van der Waals surface area contributed by atoms with Crippen LogP contribution in [0.5, 0.6) is 0 Å². The number of morpholine rings is 1. The molecule has 2 rings (SSSR count). The molecule has 0 aromatic carbocycles. The molecule has 0 amide bonds. The van der Waals surface area contributed by atoms with Gasteiger partial charge in [-0.25, -0.2) is 0 Å². The smallest absolute Gasteiger partial charge is 0.0700 e. The minimum absolute atomic E-state index is 0.231. The molecule has 2 aliphatic rings. The molecule has 0 spiro atoms. The molecule has 4 atom stereocenters. The Bertz CT molecular complexity index is 271. The van der Waals surface area contributed by atoms with Crippen LogP contribution < -0.4 is 5.73 Å². The van der Waals surface area contributed by atoms with Crippen molar-refractivity contribution in [3.05, 3.63) is 0 Å².